The summed E-state index contributed by atoms with van der Waals surface area (Å²) in [6.45, 7) is 6.86. The van der Waals surface area contributed by atoms with Crippen molar-refractivity contribution in [2.45, 2.75) is 40.0 Å². The Bertz CT molecular complexity index is 335. The normalized spacial score (nSPS) is 39.7. The number of fused-ring (bicyclic) bond motifs is 2. The quantitative estimate of drug-likeness (QED) is 0.636. The summed E-state index contributed by atoms with van der Waals surface area (Å²) in [5.74, 6) is 0.705. The number of carbonyl (C=O) groups is 1. The summed E-state index contributed by atoms with van der Waals surface area (Å²) in [6, 6.07) is -0.577. The SMILES string of the molecule is CC1(C)[C@H]2CC[C@]1(C)C(=NNC(N)=O)C2. The Labute approximate surface area is 90.3 Å². The van der Waals surface area contributed by atoms with Gasteiger partial charge >= 0.3 is 6.03 Å². The van der Waals surface area contributed by atoms with Gasteiger partial charge in [-0.3, -0.25) is 0 Å². The third kappa shape index (κ3) is 1.27. The maximum Gasteiger partial charge on any atom is 0.332 e. The molecule has 0 aromatic rings. The van der Waals surface area contributed by atoms with E-state index >= 15 is 0 Å². The molecule has 4 nitrogen and oxygen atoms in total. The fourth-order valence-corrected chi connectivity index (χ4v) is 3.22. The second-order valence-corrected chi connectivity index (χ2v) is 5.53. The summed E-state index contributed by atoms with van der Waals surface area (Å²) in [5.41, 5.74) is 8.93. The molecule has 0 heterocycles. The van der Waals surface area contributed by atoms with Gasteiger partial charge in [0, 0.05) is 11.1 Å². The maximum absolute atomic E-state index is 10.6. The lowest BCUT2D eigenvalue weighted by Crippen LogP contribution is -2.35. The van der Waals surface area contributed by atoms with Crippen LogP contribution in [0.15, 0.2) is 5.10 Å². The molecule has 2 rings (SSSR count). The highest BCUT2D eigenvalue weighted by Gasteiger charge is 2.59. The van der Waals surface area contributed by atoms with Crippen LogP contribution in [-0.2, 0) is 0 Å². The van der Waals surface area contributed by atoms with Crippen molar-refractivity contribution in [1.29, 1.82) is 0 Å². The van der Waals surface area contributed by atoms with E-state index in [9.17, 15) is 4.79 Å². The lowest BCUT2D eigenvalue weighted by atomic mass is 9.70. The molecule has 0 aromatic carbocycles. The Morgan fingerprint density at radius 3 is 2.60 bits per heavy atom. The van der Waals surface area contributed by atoms with Crippen molar-refractivity contribution in [3.63, 3.8) is 0 Å². The van der Waals surface area contributed by atoms with E-state index in [0.717, 1.165) is 12.1 Å². The average molecular weight is 209 g/mol. The van der Waals surface area contributed by atoms with E-state index in [1.807, 2.05) is 0 Å². The molecule has 3 N–H and O–H groups in total. The average Bonchev–Trinajstić information content (AvgIpc) is 2.46. The van der Waals surface area contributed by atoms with Crippen molar-refractivity contribution in [1.82, 2.24) is 5.43 Å². The minimum absolute atomic E-state index is 0.139. The number of amides is 2. The third-order valence-electron chi connectivity index (χ3n) is 4.81. The predicted octanol–water partition coefficient (Wildman–Crippen LogP) is 1.86. The van der Waals surface area contributed by atoms with Crippen LogP contribution in [0.2, 0.25) is 0 Å². The van der Waals surface area contributed by atoms with E-state index in [1.165, 1.54) is 12.8 Å². The monoisotopic (exact) mass is 209 g/mol. The van der Waals surface area contributed by atoms with Crippen LogP contribution in [0.5, 0.6) is 0 Å². The lowest BCUT2D eigenvalue weighted by molar-refractivity contribution is 0.193. The van der Waals surface area contributed by atoms with Gasteiger partial charge in [-0.1, -0.05) is 20.8 Å². The molecule has 2 bridgehead atoms. The van der Waals surface area contributed by atoms with Gasteiger partial charge in [-0.2, -0.15) is 5.10 Å². The fourth-order valence-electron chi connectivity index (χ4n) is 3.22. The van der Waals surface area contributed by atoms with Gasteiger partial charge in [-0.15, -0.1) is 0 Å². The smallest absolute Gasteiger partial charge is 0.332 e. The second-order valence-electron chi connectivity index (χ2n) is 5.53. The Kier molecular flexibility index (Phi) is 2.07. The molecule has 0 aliphatic heterocycles. The molecule has 0 saturated heterocycles. The molecule has 84 valence electrons. The third-order valence-corrected chi connectivity index (χ3v) is 4.81. The molecule has 2 fully saturated rings. The van der Waals surface area contributed by atoms with Crippen molar-refractivity contribution in [3.8, 4) is 0 Å². The van der Waals surface area contributed by atoms with Crippen molar-refractivity contribution in [2.24, 2.45) is 27.6 Å². The van der Waals surface area contributed by atoms with Crippen LogP contribution in [-0.4, -0.2) is 11.7 Å². The molecule has 4 heteroatoms. The Hall–Kier alpha value is -1.06. The Morgan fingerprint density at radius 2 is 2.20 bits per heavy atom. The first kappa shape index (κ1) is 10.5. The minimum atomic E-state index is -0.577. The van der Waals surface area contributed by atoms with Gasteiger partial charge in [-0.05, 0) is 30.6 Å². The number of urea groups is 1. The number of nitrogens with one attached hydrogen (secondary N) is 1. The molecule has 2 saturated carbocycles. The van der Waals surface area contributed by atoms with E-state index in [4.69, 9.17) is 5.73 Å². The van der Waals surface area contributed by atoms with Gasteiger partial charge in [0.05, 0.1) is 0 Å². The van der Waals surface area contributed by atoms with Gasteiger partial charge in [-0.25, -0.2) is 10.2 Å². The number of hydrogen-bond donors (Lipinski definition) is 2. The molecule has 0 unspecified atom stereocenters. The number of hydrazone groups is 1. The Morgan fingerprint density at radius 1 is 1.53 bits per heavy atom. The van der Waals surface area contributed by atoms with E-state index in [2.05, 4.69) is 31.3 Å². The van der Waals surface area contributed by atoms with Crippen LogP contribution < -0.4 is 11.2 Å². The molecular weight excluding hydrogens is 190 g/mol. The van der Waals surface area contributed by atoms with E-state index in [1.54, 1.807) is 0 Å². The Balaban J connectivity index is 2.26. The van der Waals surface area contributed by atoms with Crippen molar-refractivity contribution in [2.75, 3.05) is 0 Å². The zero-order valence-electron chi connectivity index (χ0n) is 9.63. The number of nitrogens with zero attached hydrogens (tertiary/aromatic N) is 1. The van der Waals surface area contributed by atoms with E-state index in [0.29, 0.717) is 11.3 Å². The number of nitrogens with two attached hydrogens (primary N) is 1. The number of primary amides is 1. The molecule has 0 aromatic heterocycles. The molecule has 2 amide bonds. The highest BCUT2D eigenvalue weighted by atomic mass is 16.2. The first-order chi connectivity index (χ1) is 6.88. The highest BCUT2D eigenvalue weighted by Crippen LogP contribution is 2.63. The zero-order chi connectivity index (χ0) is 11.3. The summed E-state index contributed by atoms with van der Waals surface area (Å²) in [6.07, 6.45) is 3.45. The maximum atomic E-state index is 10.6. The van der Waals surface area contributed by atoms with Crippen LogP contribution in [0.3, 0.4) is 0 Å². The van der Waals surface area contributed by atoms with Gasteiger partial charge in [0.2, 0.25) is 0 Å². The lowest BCUT2D eigenvalue weighted by Gasteiger charge is -2.34. The molecule has 0 spiro atoms. The largest absolute Gasteiger partial charge is 0.350 e. The van der Waals surface area contributed by atoms with Gasteiger partial charge in [0.25, 0.3) is 0 Å². The van der Waals surface area contributed by atoms with Crippen molar-refractivity contribution in [3.05, 3.63) is 0 Å². The minimum Gasteiger partial charge on any atom is -0.350 e. The number of carbonyl (C=O) groups excluding carboxylic acids is 1. The van der Waals surface area contributed by atoms with Gasteiger partial charge in [0.1, 0.15) is 0 Å². The van der Waals surface area contributed by atoms with E-state index in [-0.39, 0.29) is 5.41 Å². The zero-order valence-corrected chi connectivity index (χ0v) is 9.63. The fraction of sp³-hybridized carbons (Fsp3) is 0.818. The van der Waals surface area contributed by atoms with Crippen LogP contribution in [0.25, 0.3) is 0 Å². The summed E-state index contributed by atoms with van der Waals surface area (Å²) in [7, 11) is 0. The topological polar surface area (TPSA) is 67.5 Å². The van der Waals surface area contributed by atoms with Crippen molar-refractivity contribution >= 4 is 11.7 Å². The summed E-state index contributed by atoms with van der Waals surface area (Å²) in [5, 5.41) is 4.16. The molecule has 0 radical (unpaired) electrons. The molecular formula is C11H19N3O. The van der Waals surface area contributed by atoms with Crippen molar-refractivity contribution < 1.29 is 4.79 Å². The van der Waals surface area contributed by atoms with Crippen LogP contribution in [0.4, 0.5) is 4.79 Å². The first-order valence-electron chi connectivity index (χ1n) is 5.50. The second kappa shape index (κ2) is 2.97. The first-order valence-corrected chi connectivity index (χ1v) is 5.50. The standard InChI is InChI=1S/C11H19N3O/c1-10(2)7-4-5-11(10,3)8(6-7)13-14-9(12)15/h7H,4-6H2,1-3H3,(H3,12,14,15)/t7-,11+/m0/s1. The number of rotatable bonds is 1. The summed E-state index contributed by atoms with van der Waals surface area (Å²) in [4.78, 5) is 10.6. The van der Waals surface area contributed by atoms with Gasteiger partial charge < -0.3 is 5.73 Å². The summed E-state index contributed by atoms with van der Waals surface area (Å²) < 4.78 is 0. The van der Waals surface area contributed by atoms with Gasteiger partial charge in [0.15, 0.2) is 0 Å². The van der Waals surface area contributed by atoms with Crippen LogP contribution >= 0.6 is 0 Å². The molecule has 2 atom stereocenters. The van der Waals surface area contributed by atoms with E-state index < -0.39 is 6.03 Å². The molecule has 2 aliphatic rings. The van der Waals surface area contributed by atoms with Crippen LogP contribution in [0.1, 0.15) is 40.0 Å². The predicted molar refractivity (Wildman–Crippen MR) is 59.4 cm³/mol. The molecule has 2 aliphatic carbocycles. The number of hydrogen-bond acceptors (Lipinski definition) is 2. The highest BCUT2D eigenvalue weighted by molar-refractivity contribution is 5.94. The van der Waals surface area contributed by atoms with Crippen LogP contribution in [0, 0.1) is 16.7 Å². The summed E-state index contributed by atoms with van der Waals surface area (Å²) >= 11 is 0. The molecule has 15 heavy (non-hydrogen) atoms.